The van der Waals surface area contributed by atoms with Crippen LogP contribution in [0.5, 0.6) is 0 Å². The van der Waals surface area contributed by atoms with E-state index in [1.807, 2.05) is 18.2 Å². The van der Waals surface area contributed by atoms with E-state index >= 15 is 0 Å². The Kier molecular flexibility index (Phi) is 5.59. The normalized spacial score (nSPS) is 12.0. The van der Waals surface area contributed by atoms with Gasteiger partial charge in [0.2, 0.25) is 0 Å². The number of unbranched alkanes of at least 4 members (excludes halogenated alkanes) is 2. The lowest BCUT2D eigenvalue weighted by molar-refractivity contribution is 0.482. The molecule has 0 atom stereocenters. The molecule has 0 radical (unpaired) electrons. The molecular weight excluding hydrogens is 296 g/mol. The van der Waals surface area contributed by atoms with Gasteiger partial charge in [0, 0.05) is 0 Å². The predicted molar refractivity (Wildman–Crippen MR) is 91.0 cm³/mol. The van der Waals surface area contributed by atoms with Crippen molar-refractivity contribution in [3.63, 3.8) is 0 Å². The maximum Gasteiger partial charge on any atom is 0.294 e. The number of rotatable bonds is 7. The molecule has 0 aliphatic heterocycles. The summed E-state index contributed by atoms with van der Waals surface area (Å²) in [4.78, 5) is 0.0566. The van der Waals surface area contributed by atoms with Crippen LogP contribution in [0.15, 0.2) is 35.2 Å². The maximum atomic E-state index is 11.7. The minimum Gasteiger partial charge on any atom is -0.282 e. The van der Waals surface area contributed by atoms with Gasteiger partial charge < -0.3 is 0 Å². The molecule has 0 saturated heterocycles. The molecule has 0 bridgehead atoms. The third-order valence-corrected chi connectivity index (χ3v) is 4.92. The van der Waals surface area contributed by atoms with Crippen molar-refractivity contribution in [2.45, 2.75) is 57.3 Å². The summed E-state index contributed by atoms with van der Waals surface area (Å²) < 4.78 is 32.9. The molecule has 2 rings (SSSR count). The Hall–Kier alpha value is -1.39. The fourth-order valence-electron chi connectivity index (χ4n) is 2.71. The number of aryl methyl sites for hydroxylation is 2. The van der Waals surface area contributed by atoms with E-state index in [-0.39, 0.29) is 4.90 Å². The molecular formula is C18H24O3S. The van der Waals surface area contributed by atoms with Crippen LogP contribution in [-0.2, 0) is 23.0 Å². The standard InChI is InChI=1S/C18H24O3S/c1-3-5-7-14-9-10-15-12-16(8-6-4-2)18(22(19,20)21)13-17(15)11-14/h9-13H,3-8H2,1-2H3,(H,19,20,21). The lowest BCUT2D eigenvalue weighted by Crippen LogP contribution is -2.04. The zero-order valence-corrected chi connectivity index (χ0v) is 14.1. The van der Waals surface area contributed by atoms with Gasteiger partial charge in [-0.15, -0.1) is 0 Å². The number of benzene rings is 2. The van der Waals surface area contributed by atoms with Gasteiger partial charge in [-0.2, -0.15) is 8.42 Å². The van der Waals surface area contributed by atoms with Crippen LogP contribution in [0.3, 0.4) is 0 Å². The van der Waals surface area contributed by atoms with Crippen LogP contribution < -0.4 is 0 Å². The van der Waals surface area contributed by atoms with Crippen LogP contribution in [0.4, 0.5) is 0 Å². The molecule has 0 aliphatic carbocycles. The predicted octanol–water partition coefficient (Wildman–Crippen LogP) is 4.77. The fraction of sp³-hybridized carbons (Fsp3) is 0.444. The second kappa shape index (κ2) is 7.25. The van der Waals surface area contributed by atoms with Gasteiger partial charge in [0.15, 0.2) is 0 Å². The summed E-state index contributed by atoms with van der Waals surface area (Å²) in [5.41, 5.74) is 1.91. The highest BCUT2D eigenvalue weighted by Crippen LogP contribution is 2.26. The monoisotopic (exact) mass is 320 g/mol. The van der Waals surface area contributed by atoms with Crippen LogP contribution in [0.25, 0.3) is 10.8 Å². The van der Waals surface area contributed by atoms with Gasteiger partial charge >= 0.3 is 0 Å². The van der Waals surface area contributed by atoms with E-state index in [0.29, 0.717) is 12.0 Å². The molecule has 22 heavy (non-hydrogen) atoms. The number of hydrogen-bond donors (Lipinski definition) is 1. The first-order chi connectivity index (χ1) is 10.5. The van der Waals surface area contributed by atoms with E-state index in [1.54, 1.807) is 6.07 Å². The van der Waals surface area contributed by atoms with Crippen LogP contribution in [0, 0.1) is 0 Å². The van der Waals surface area contributed by atoms with Crippen molar-refractivity contribution < 1.29 is 13.0 Å². The molecule has 3 nitrogen and oxygen atoms in total. The second-order valence-electron chi connectivity index (χ2n) is 5.82. The third kappa shape index (κ3) is 4.08. The number of fused-ring (bicyclic) bond motifs is 1. The highest BCUT2D eigenvalue weighted by Gasteiger charge is 2.16. The van der Waals surface area contributed by atoms with E-state index in [1.165, 1.54) is 5.56 Å². The molecule has 0 amide bonds. The van der Waals surface area contributed by atoms with Crippen molar-refractivity contribution in [1.82, 2.24) is 0 Å². The highest BCUT2D eigenvalue weighted by atomic mass is 32.2. The Morgan fingerprint density at radius 1 is 0.909 bits per heavy atom. The van der Waals surface area contributed by atoms with Gasteiger partial charge in [0.05, 0.1) is 4.90 Å². The van der Waals surface area contributed by atoms with Crippen molar-refractivity contribution in [1.29, 1.82) is 0 Å². The summed E-state index contributed by atoms with van der Waals surface area (Å²) in [5.74, 6) is 0. The lowest BCUT2D eigenvalue weighted by Gasteiger charge is -2.10. The van der Waals surface area contributed by atoms with E-state index in [0.717, 1.165) is 42.9 Å². The Bertz CT molecular complexity index is 748. The molecule has 1 N–H and O–H groups in total. The van der Waals surface area contributed by atoms with Crippen molar-refractivity contribution in [3.8, 4) is 0 Å². The molecule has 0 saturated carbocycles. The van der Waals surface area contributed by atoms with Gasteiger partial charge in [0.1, 0.15) is 0 Å². The summed E-state index contributed by atoms with van der Waals surface area (Å²) in [5, 5.41) is 1.90. The van der Waals surface area contributed by atoms with Crippen molar-refractivity contribution in [3.05, 3.63) is 41.5 Å². The minimum absolute atomic E-state index is 0.0566. The van der Waals surface area contributed by atoms with Crippen LogP contribution >= 0.6 is 0 Å². The summed E-state index contributed by atoms with van der Waals surface area (Å²) in [6.07, 6.45) is 5.79. The second-order valence-corrected chi connectivity index (χ2v) is 7.21. The Morgan fingerprint density at radius 2 is 1.59 bits per heavy atom. The molecule has 2 aromatic carbocycles. The molecule has 0 aromatic heterocycles. The Labute approximate surface area is 133 Å². The Morgan fingerprint density at radius 3 is 2.23 bits per heavy atom. The quantitative estimate of drug-likeness (QED) is 0.747. The molecule has 2 aromatic rings. The first-order valence-corrected chi connectivity index (χ1v) is 9.42. The Balaban J connectivity index is 2.51. The van der Waals surface area contributed by atoms with E-state index in [9.17, 15) is 13.0 Å². The average molecular weight is 320 g/mol. The van der Waals surface area contributed by atoms with Crippen molar-refractivity contribution in [2.75, 3.05) is 0 Å². The van der Waals surface area contributed by atoms with Gasteiger partial charge in [-0.25, -0.2) is 0 Å². The minimum atomic E-state index is -4.19. The van der Waals surface area contributed by atoms with Gasteiger partial charge in [-0.3, -0.25) is 4.55 Å². The molecule has 0 aliphatic rings. The first-order valence-electron chi connectivity index (χ1n) is 7.98. The molecule has 0 heterocycles. The number of hydrogen-bond acceptors (Lipinski definition) is 2. The smallest absolute Gasteiger partial charge is 0.282 e. The van der Waals surface area contributed by atoms with Crippen LogP contribution in [0.1, 0.15) is 50.7 Å². The van der Waals surface area contributed by atoms with Crippen LogP contribution in [-0.4, -0.2) is 13.0 Å². The summed E-state index contributed by atoms with van der Waals surface area (Å²) >= 11 is 0. The van der Waals surface area contributed by atoms with Crippen LogP contribution in [0.2, 0.25) is 0 Å². The van der Waals surface area contributed by atoms with E-state index < -0.39 is 10.1 Å². The molecule has 120 valence electrons. The zero-order chi connectivity index (χ0) is 16.2. The zero-order valence-electron chi connectivity index (χ0n) is 13.3. The SMILES string of the molecule is CCCCc1ccc2cc(CCCC)c(S(=O)(=O)O)cc2c1. The van der Waals surface area contributed by atoms with Gasteiger partial charge in [-0.1, -0.05) is 44.9 Å². The van der Waals surface area contributed by atoms with Crippen molar-refractivity contribution >= 4 is 20.9 Å². The maximum absolute atomic E-state index is 11.7. The molecule has 0 fully saturated rings. The molecule has 0 unspecified atom stereocenters. The van der Waals surface area contributed by atoms with Crippen molar-refractivity contribution in [2.24, 2.45) is 0 Å². The lowest BCUT2D eigenvalue weighted by atomic mass is 9.99. The fourth-order valence-corrected chi connectivity index (χ4v) is 3.48. The molecule has 4 heteroatoms. The highest BCUT2D eigenvalue weighted by molar-refractivity contribution is 7.85. The van der Waals surface area contributed by atoms with E-state index in [2.05, 4.69) is 19.9 Å². The summed E-state index contributed by atoms with van der Waals surface area (Å²) in [6, 6.07) is 9.70. The third-order valence-electron chi connectivity index (χ3n) is 3.98. The molecule has 0 spiro atoms. The summed E-state index contributed by atoms with van der Waals surface area (Å²) in [7, 11) is -4.19. The van der Waals surface area contributed by atoms with Gasteiger partial charge in [0.25, 0.3) is 10.1 Å². The largest absolute Gasteiger partial charge is 0.294 e. The average Bonchev–Trinajstić information content (AvgIpc) is 2.48. The first kappa shape index (κ1) is 17.0. The summed E-state index contributed by atoms with van der Waals surface area (Å²) in [6.45, 7) is 4.21. The van der Waals surface area contributed by atoms with Gasteiger partial charge in [-0.05, 0) is 59.7 Å². The topological polar surface area (TPSA) is 54.4 Å². The van der Waals surface area contributed by atoms with E-state index in [4.69, 9.17) is 0 Å².